The molecule has 8 heteroatoms. The first-order valence-corrected chi connectivity index (χ1v) is 12.6. The summed E-state index contributed by atoms with van der Waals surface area (Å²) in [7, 11) is 4.83. The lowest BCUT2D eigenvalue weighted by atomic mass is 9.85. The Morgan fingerprint density at radius 2 is 1.68 bits per heavy atom. The summed E-state index contributed by atoms with van der Waals surface area (Å²) in [5.41, 5.74) is 4.59. The average molecular weight is 512 g/mol. The van der Waals surface area contributed by atoms with Crippen molar-refractivity contribution in [3.05, 3.63) is 89.1 Å². The van der Waals surface area contributed by atoms with Crippen LogP contribution in [0.4, 0.5) is 0 Å². The molecule has 2 atom stereocenters. The Labute approximate surface area is 220 Å². The number of piperazine rings is 1. The third-order valence-corrected chi connectivity index (χ3v) is 7.58. The van der Waals surface area contributed by atoms with Crippen LogP contribution in [0.2, 0.25) is 0 Å². The van der Waals surface area contributed by atoms with E-state index in [0.717, 1.165) is 33.3 Å². The number of methoxy groups -OCH3 is 3. The maximum absolute atomic E-state index is 14.0. The van der Waals surface area contributed by atoms with Crippen molar-refractivity contribution in [2.45, 2.75) is 25.0 Å². The minimum Gasteiger partial charge on any atom is -0.497 e. The number of para-hydroxylation sites is 1. The number of nitrogens with one attached hydrogen (secondary N) is 1. The molecule has 3 aromatic carbocycles. The van der Waals surface area contributed by atoms with E-state index in [1.54, 1.807) is 31.1 Å². The number of rotatable bonds is 6. The van der Waals surface area contributed by atoms with Crippen LogP contribution >= 0.6 is 0 Å². The number of aromatic nitrogens is 1. The number of carbonyl (C=O) groups excluding carboxylic acids is 2. The molecule has 3 heterocycles. The largest absolute Gasteiger partial charge is 0.497 e. The smallest absolute Gasteiger partial charge is 0.246 e. The topological polar surface area (TPSA) is 84.1 Å². The van der Waals surface area contributed by atoms with Crippen LogP contribution in [0.25, 0.3) is 10.9 Å². The molecule has 4 aromatic rings. The zero-order valence-electron chi connectivity index (χ0n) is 21.6. The molecule has 2 amide bonds. The van der Waals surface area contributed by atoms with Crippen LogP contribution in [0.3, 0.4) is 0 Å². The molecule has 0 unspecified atom stereocenters. The molecule has 38 heavy (non-hydrogen) atoms. The first kappa shape index (κ1) is 23.9. The van der Waals surface area contributed by atoms with Gasteiger partial charge in [0.1, 0.15) is 35.9 Å². The quantitative estimate of drug-likeness (QED) is 0.422. The van der Waals surface area contributed by atoms with Gasteiger partial charge < -0.3 is 29.0 Å². The molecular weight excluding hydrogens is 482 g/mol. The predicted molar refractivity (Wildman–Crippen MR) is 142 cm³/mol. The fraction of sp³-hybridized carbons (Fsp3) is 0.267. The lowest BCUT2D eigenvalue weighted by molar-refractivity contribution is -0.159. The number of benzene rings is 3. The van der Waals surface area contributed by atoms with Crippen LogP contribution in [-0.4, -0.2) is 60.5 Å². The number of aromatic amines is 1. The summed E-state index contributed by atoms with van der Waals surface area (Å²) >= 11 is 0. The van der Waals surface area contributed by atoms with Crippen molar-refractivity contribution in [2.75, 3.05) is 27.9 Å². The molecule has 6 rings (SSSR count). The van der Waals surface area contributed by atoms with E-state index in [1.165, 1.54) is 0 Å². The van der Waals surface area contributed by atoms with Gasteiger partial charge in [0.25, 0.3) is 0 Å². The number of hydrogen-bond acceptors (Lipinski definition) is 5. The summed E-state index contributed by atoms with van der Waals surface area (Å²) in [6.45, 7) is 0.324. The van der Waals surface area contributed by atoms with Gasteiger partial charge in [-0.3, -0.25) is 9.59 Å². The van der Waals surface area contributed by atoms with Gasteiger partial charge in [-0.2, -0.15) is 0 Å². The molecule has 2 aliphatic heterocycles. The molecular formula is C30H29N3O5. The second-order valence-electron chi connectivity index (χ2n) is 9.64. The maximum Gasteiger partial charge on any atom is 0.246 e. The van der Waals surface area contributed by atoms with Gasteiger partial charge in [-0.25, -0.2) is 0 Å². The van der Waals surface area contributed by atoms with Crippen molar-refractivity contribution in [1.29, 1.82) is 0 Å². The average Bonchev–Trinajstić information content (AvgIpc) is 3.33. The van der Waals surface area contributed by atoms with E-state index < -0.39 is 12.1 Å². The number of H-pyrrole nitrogens is 1. The lowest BCUT2D eigenvalue weighted by Gasteiger charge is -2.47. The molecule has 8 nitrogen and oxygen atoms in total. The highest BCUT2D eigenvalue weighted by Gasteiger charge is 2.48. The Morgan fingerprint density at radius 3 is 2.47 bits per heavy atom. The Kier molecular flexibility index (Phi) is 5.94. The van der Waals surface area contributed by atoms with E-state index in [2.05, 4.69) is 11.1 Å². The molecule has 0 aliphatic carbocycles. The maximum atomic E-state index is 14.0. The minimum atomic E-state index is -0.644. The van der Waals surface area contributed by atoms with Gasteiger partial charge in [0.15, 0.2) is 0 Å². The highest BCUT2D eigenvalue weighted by atomic mass is 16.5. The van der Waals surface area contributed by atoms with Crippen LogP contribution in [0.15, 0.2) is 66.7 Å². The summed E-state index contributed by atoms with van der Waals surface area (Å²) in [6.07, 6.45) is 0.432. The highest BCUT2D eigenvalue weighted by molar-refractivity contribution is 5.97. The summed E-state index contributed by atoms with van der Waals surface area (Å²) in [5.74, 6) is 1.80. The first-order valence-electron chi connectivity index (χ1n) is 12.6. The van der Waals surface area contributed by atoms with Gasteiger partial charge in [-0.15, -0.1) is 0 Å². The van der Waals surface area contributed by atoms with Crippen molar-refractivity contribution in [1.82, 2.24) is 14.8 Å². The van der Waals surface area contributed by atoms with Crippen LogP contribution < -0.4 is 14.2 Å². The molecule has 0 spiro atoms. The number of hydrogen-bond donors (Lipinski definition) is 1. The normalized spacial score (nSPS) is 18.8. The fourth-order valence-corrected chi connectivity index (χ4v) is 5.83. The third-order valence-electron chi connectivity index (χ3n) is 7.58. The molecule has 0 saturated carbocycles. The summed E-state index contributed by atoms with van der Waals surface area (Å²) in [5, 5.41) is 1.05. The number of nitrogens with zero attached hydrogens (tertiary/aromatic N) is 2. The second-order valence-corrected chi connectivity index (χ2v) is 9.64. The van der Waals surface area contributed by atoms with Crippen molar-refractivity contribution >= 4 is 22.7 Å². The number of ether oxygens (including phenoxy) is 3. The van der Waals surface area contributed by atoms with Crippen LogP contribution in [0.5, 0.6) is 17.2 Å². The zero-order chi connectivity index (χ0) is 26.4. The summed E-state index contributed by atoms with van der Waals surface area (Å²) in [4.78, 5) is 34.8. The predicted octanol–water partition coefficient (Wildman–Crippen LogP) is 4.08. The van der Waals surface area contributed by atoms with Crippen molar-refractivity contribution in [3.8, 4) is 17.2 Å². The monoisotopic (exact) mass is 511 g/mol. The van der Waals surface area contributed by atoms with Gasteiger partial charge in [0.05, 0.1) is 21.3 Å². The van der Waals surface area contributed by atoms with E-state index in [0.29, 0.717) is 30.2 Å². The number of carbonyl (C=O) groups is 2. The van der Waals surface area contributed by atoms with Gasteiger partial charge in [0, 0.05) is 35.1 Å². The van der Waals surface area contributed by atoms with E-state index in [9.17, 15) is 9.59 Å². The van der Waals surface area contributed by atoms with Gasteiger partial charge in [0.2, 0.25) is 11.8 Å². The molecule has 1 saturated heterocycles. The van der Waals surface area contributed by atoms with E-state index >= 15 is 0 Å². The molecule has 1 N–H and O–H groups in total. The number of fused-ring (bicyclic) bond motifs is 4. The molecule has 2 aliphatic rings. The SMILES string of the molecule is COc1cccc(CN2CC(=O)N3[C@H](c4cc(OC)ccc4OC)c4[nH]c5ccccc5c4C[C@H]3C2=O)c1. The molecule has 194 valence electrons. The Hall–Kier alpha value is -4.46. The van der Waals surface area contributed by atoms with Gasteiger partial charge in [-0.05, 0) is 47.5 Å². The van der Waals surface area contributed by atoms with E-state index in [-0.39, 0.29) is 18.4 Å². The fourth-order valence-electron chi connectivity index (χ4n) is 5.83. The third kappa shape index (κ3) is 3.84. The lowest BCUT2D eigenvalue weighted by Crippen LogP contribution is -2.62. The number of amides is 2. The standard InChI is InChI=1S/C30H29N3O5/c1-36-19-8-6-7-18(13-19)16-32-17-27(34)33-25(30(32)35)15-22-21-9-4-5-10-24(21)31-28(22)29(33)23-14-20(37-2)11-12-26(23)38-3/h4-14,25,29,31H,15-17H2,1-3H3/t25-,29+/m0/s1. The Bertz CT molecular complexity index is 1540. The van der Waals surface area contributed by atoms with Crippen molar-refractivity contribution in [3.63, 3.8) is 0 Å². The molecule has 0 bridgehead atoms. The van der Waals surface area contributed by atoms with E-state index in [1.807, 2.05) is 60.7 Å². The minimum absolute atomic E-state index is 0.00904. The molecule has 1 aromatic heterocycles. The zero-order valence-corrected chi connectivity index (χ0v) is 21.6. The Balaban J connectivity index is 1.47. The Morgan fingerprint density at radius 1 is 0.895 bits per heavy atom. The first-order chi connectivity index (χ1) is 18.5. The van der Waals surface area contributed by atoms with Crippen LogP contribution in [0, 0.1) is 0 Å². The van der Waals surface area contributed by atoms with Gasteiger partial charge in [-0.1, -0.05) is 30.3 Å². The molecule has 1 fully saturated rings. The summed E-state index contributed by atoms with van der Waals surface area (Å²) < 4.78 is 16.6. The van der Waals surface area contributed by atoms with Crippen LogP contribution in [-0.2, 0) is 22.6 Å². The molecule has 0 radical (unpaired) electrons. The van der Waals surface area contributed by atoms with E-state index in [4.69, 9.17) is 14.2 Å². The second kappa shape index (κ2) is 9.45. The van der Waals surface area contributed by atoms with Crippen molar-refractivity contribution < 1.29 is 23.8 Å². The van der Waals surface area contributed by atoms with Crippen molar-refractivity contribution in [2.24, 2.45) is 0 Å². The van der Waals surface area contributed by atoms with Gasteiger partial charge >= 0.3 is 0 Å². The summed E-state index contributed by atoms with van der Waals surface area (Å²) in [6, 6.07) is 20.0. The highest BCUT2D eigenvalue weighted by Crippen LogP contribution is 2.45. The van der Waals surface area contributed by atoms with Crippen LogP contribution in [0.1, 0.15) is 28.4 Å².